The van der Waals surface area contributed by atoms with Crippen molar-refractivity contribution >= 4 is 5.97 Å². The molecule has 0 unspecified atom stereocenters. The first-order chi connectivity index (χ1) is 12.5. The number of rotatable bonds is 5. The highest BCUT2D eigenvalue weighted by molar-refractivity contribution is 5.88. The molecule has 1 heterocycles. The lowest BCUT2D eigenvalue weighted by molar-refractivity contribution is 0.0693. The summed E-state index contributed by atoms with van der Waals surface area (Å²) < 4.78 is 14.8. The van der Waals surface area contributed by atoms with Gasteiger partial charge in [-0.05, 0) is 29.8 Å². The lowest BCUT2D eigenvalue weighted by atomic mass is 10.1. The second-order valence-electron chi connectivity index (χ2n) is 5.71. The molecule has 3 aromatic rings. The van der Waals surface area contributed by atoms with Crippen molar-refractivity contribution in [1.29, 1.82) is 0 Å². The number of aromatic nitrogens is 2. The molecule has 3 rings (SSSR count). The molecule has 6 nitrogen and oxygen atoms in total. The Labute approximate surface area is 148 Å². The maximum absolute atomic E-state index is 13.7. The van der Waals surface area contributed by atoms with Crippen LogP contribution in [0.5, 0.6) is 0 Å². The van der Waals surface area contributed by atoms with Crippen molar-refractivity contribution in [2.45, 2.75) is 13.1 Å². The van der Waals surface area contributed by atoms with E-state index in [0.29, 0.717) is 5.56 Å². The van der Waals surface area contributed by atoms with Crippen LogP contribution in [0.2, 0.25) is 0 Å². The predicted molar refractivity (Wildman–Crippen MR) is 94.3 cm³/mol. The van der Waals surface area contributed by atoms with E-state index in [1.54, 1.807) is 0 Å². The van der Waals surface area contributed by atoms with Gasteiger partial charge in [0, 0.05) is 17.7 Å². The van der Waals surface area contributed by atoms with E-state index < -0.39 is 22.9 Å². The Morgan fingerprint density at radius 2 is 1.88 bits per heavy atom. The van der Waals surface area contributed by atoms with Crippen molar-refractivity contribution in [3.8, 4) is 11.3 Å². The number of halogens is 1. The number of nitrogens with zero attached hydrogens (tertiary/aromatic N) is 2. The van der Waals surface area contributed by atoms with Gasteiger partial charge in [0.05, 0.1) is 12.2 Å². The summed E-state index contributed by atoms with van der Waals surface area (Å²) in [6.07, 6.45) is 0. The van der Waals surface area contributed by atoms with Crippen LogP contribution >= 0.6 is 0 Å². The van der Waals surface area contributed by atoms with E-state index in [2.05, 4.69) is 5.10 Å². The Morgan fingerprint density at radius 3 is 2.54 bits per heavy atom. The molecule has 132 valence electrons. The minimum atomic E-state index is -1.35. The number of carboxylic acids is 1. The summed E-state index contributed by atoms with van der Waals surface area (Å²) in [7, 11) is 0. The van der Waals surface area contributed by atoms with E-state index in [9.17, 15) is 19.1 Å². The van der Waals surface area contributed by atoms with Crippen LogP contribution in [0, 0.1) is 5.82 Å². The first-order valence-corrected chi connectivity index (χ1v) is 7.88. The van der Waals surface area contributed by atoms with Gasteiger partial charge in [-0.1, -0.05) is 30.3 Å². The van der Waals surface area contributed by atoms with Crippen LogP contribution in [0.1, 0.15) is 21.5 Å². The molecule has 0 amide bonds. The van der Waals surface area contributed by atoms with E-state index >= 15 is 0 Å². The number of carboxylic acid groups (broad SMARTS) is 1. The van der Waals surface area contributed by atoms with E-state index in [4.69, 9.17) is 5.73 Å². The molecule has 0 radical (unpaired) electrons. The smallest absolute Gasteiger partial charge is 0.341 e. The van der Waals surface area contributed by atoms with Crippen LogP contribution < -0.4 is 11.3 Å². The highest BCUT2D eigenvalue weighted by Crippen LogP contribution is 2.20. The summed E-state index contributed by atoms with van der Waals surface area (Å²) in [4.78, 5) is 23.9. The van der Waals surface area contributed by atoms with Crippen LogP contribution in [0.4, 0.5) is 4.39 Å². The number of nitrogens with two attached hydrogens (primary N) is 1. The molecule has 0 spiro atoms. The summed E-state index contributed by atoms with van der Waals surface area (Å²) in [5, 5.41) is 13.6. The molecule has 2 aromatic carbocycles. The molecule has 0 saturated carbocycles. The van der Waals surface area contributed by atoms with Gasteiger partial charge in [0.1, 0.15) is 11.4 Å². The van der Waals surface area contributed by atoms with Crippen LogP contribution in [-0.2, 0) is 13.1 Å². The monoisotopic (exact) mass is 353 g/mol. The largest absolute Gasteiger partial charge is 0.477 e. The molecule has 0 bridgehead atoms. The second-order valence-corrected chi connectivity index (χ2v) is 5.71. The van der Waals surface area contributed by atoms with E-state index in [-0.39, 0.29) is 24.3 Å². The molecule has 7 heteroatoms. The van der Waals surface area contributed by atoms with Crippen LogP contribution in [0.25, 0.3) is 11.3 Å². The number of carbonyl (C=O) groups is 1. The zero-order valence-electron chi connectivity index (χ0n) is 13.7. The van der Waals surface area contributed by atoms with Gasteiger partial charge in [0.2, 0.25) is 0 Å². The quantitative estimate of drug-likeness (QED) is 0.733. The third-order valence-corrected chi connectivity index (χ3v) is 3.94. The lowest BCUT2D eigenvalue weighted by Crippen LogP contribution is -2.29. The summed E-state index contributed by atoms with van der Waals surface area (Å²) in [6, 6.07) is 14.5. The highest BCUT2D eigenvalue weighted by atomic mass is 19.1. The predicted octanol–water partition coefficient (Wildman–Crippen LogP) is 2.25. The van der Waals surface area contributed by atoms with Gasteiger partial charge in [-0.2, -0.15) is 5.10 Å². The number of aromatic carboxylic acids is 1. The molecule has 0 saturated heterocycles. The molecule has 1 aromatic heterocycles. The summed E-state index contributed by atoms with van der Waals surface area (Å²) in [5.41, 5.74) is 6.24. The van der Waals surface area contributed by atoms with Gasteiger partial charge in [0.15, 0.2) is 0 Å². The normalized spacial score (nSPS) is 10.7. The van der Waals surface area contributed by atoms with E-state index in [1.165, 1.54) is 24.3 Å². The number of hydrogen-bond donors (Lipinski definition) is 2. The zero-order valence-corrected chi connectivity index (χ0v) is 13.7. The molecule has 0 aliphatic carbocycles. The van der Waals surface area contributed by atoms with Gasteiger partial charge < -0.3 is 10.8 Å². The average molecular weight is 353 g/mol. The average Bonchev–Trinajstić information content (AvgIpc) is 2.64. The maximum atomic E-state index is 13.7. The molecular weight excluding hydrogens is 337 g/mol. The number of benzene rings is 2. The summed E-state index contributed by atoms with van der Waals surface area (Å²) in [5.74, 6) is -1.80. The first kappa shape index (κ1) is 17.5. The molecule has 0 atom stereocenters. The Bertz CT molecular complexity index is 1020. The molecule has 26 heavy (non-hydrogen) atoms. The Kier molecular flexibility index (Phi) is 4.90. The van der Waals surface area contributed by atoms with E-state index in [1.807, 2.05) is 30.3 Å². The van der Waals surface area contributed by atoms with Gasteiger partial charge in [0.25, 0.3) is 5.56 Å². The van der Waals surface area contributed by atoms with Crippen molar-refractivity contribution in [2.75, 3.05) is 0 Å². The Morgan fingerprint density at radius 1 is 1.15 bits per heavy atom. The van der Waals surface area contributed by atoms with Gasteiger partial charge in [-0.25, -0.2) is 13.9 Å². The van der Waals surface area contributed by atoms with Crippen LogP contribution in [0.3, 0.4) is 0 Å². The van der Waals surface area contributed by atoms with Gasteiger partial charge in [-0.15, -0.1) is 0 Å². The van der Waals surface area contributed by atoms with Crippen LogP contribution in [0.15, 0.2) is 59.4 Å². The van der Waals surface area contributed by atoms with Crippen molar-refractivity contribution < 1.29 is 14.3 Å². The fourth-order valence-electron chi connectivity index (χ4n) is 2.59. The topological polar surface area (TPSA) is 98.2 Å². The molecule has 0 fully saturated rings. The standard InChI is InChI=1S/C19H16FN3O3/c20-16-7-6-13(8-14(16)10-21)17-9-15(19(25)26)18(24)23(22-17)11-12-4-2-1-3-5-12/h1-9H,10-11,21H2,(H,25,26). The lowest BCUT2D eigenvalue weighted by Gasteiger charge is -2.10. The SMILES string of the molecule is NCc1cc(-c2cc(C(=O)O)c(=O)n(Cc3ccccc3)n2)ccc1F. The van der Waals surface area contributed by atoms with Gasteiger partial charge in [-0.3, -0.25) is 4.79 Å². The highest BCUT2D eigenvalue weighted by Gasteiger charge is 2.16. The Hall–Kier alpha value is -3.32. The van der Waals surface area contributed by atoms with Crippen molar-refractivity contribution in [3.05, 3.63) is 87.5 Å². The fourth-order valence-corrected chi connectivity index (χ4v) is 2.59. The first-order valence-electron chi connectivity index (χ1n) is 7.88. The minimum Gasteiger partial charge on any atom is -0.477 e. The molecule has 3 N–H and O–H groups in total. The molecular formula is C19H16FN3O3. The fraction of sp³-hybridized carbons (Fsp3) is 0.105. The van der Waals surface area contributed by atoms with Crippen molar-refractivity contribution in [1.82, 2.24) is 9.78 Å². The summed E-state index contributed by atoms with van der Waals surface area (Å²) >= 11 is 0. The van der Waals surface area contributed by atoms with Gasteiger partial charge >= 0.3 is 5.97 Å². The Balaban J connectivity index is 2.14. The third kappa shape index (κ3) is 3.52. The third-order valence-electron chi connectivity index (χ3n) is 3.94. The van der Waals surface area contributed by atoms with Crippen molar-refractivity contribution in [2.24, 2.45) is 5.73 Å². The van der Waals surface area contributed by atoms with Crippen LogP contribution in [-0.4, -0.2) is 20.9 Å². The van der Waals surface area contributed by atoms with E-state index in [0.717, 1.165) is 10.2 Å². The van der Waals surface area contributed by atoms with Crippen molar-refractivity contribution in [3.63, 3.8) is 0 Å². The second kappa shape index (κ2) is 7.28. The summed E-state index contributed by atoms with van der Waals surface area (Å²) in [6.45, 7) is 0.119. The maximum Gasteiger partial charge on any atom is 0.341 e. The molecule has 0 aliphatic rings. The minimum absolute atomic E-state index is 0.00485. The number of hydrogen-bond acceptors (Lipinski definition) is 4. The zero-order chi connectivity index (χ0) is 18.7. The molecule has 0 aliphatic heterocycles.